The van der Waals surface area contributed by atoms with Gasteiger partial charge in [-0.1, -0.05) is 22.0 Å². The molecule has 1 atom stereocenters. The van der Waals surface area contributed by atoms with Crippen LogP contribution in [0, 0.1) is 0 Å². The van der Waals surface area contributed by atoms with Gasteiger partial charge in [0.2, 0.25) is 0 Å². The summed E-state index contributed by atoms with van der Waals surface area (Å²) in [5, 5.41) is 5.24. The van der Waals surface area contributed by atoms with Crippen LogP contribution in [-0.4, -0.2) is 20.2 Å². The molecule has 0 fully saturated rings. The van der Waals surface area contributed by atoms with E-state index in [4.69, 9.17) is 9.47 Å². The quantitative estimate of drug-likeness (QED) is 0.791. The molecule has 2 rings (SSSR count). The molecule has 1 unspecified atom stereocenters. The maximum Gasteiger partial charge on any atom is 0.327 e. The molecule has 0 saturated carbocycles. The predicted molar refractivity (Wildman–Crippen MR) is 86.6 cm³/mol. The zero-order valence-electron chi connectivity index (χ0n) is 11.8. The van der Waals surface area contributed by atoms with E-state index in [0.29, 0.717) is 12.3 Å². The highest BCUT2D eigenvalue weighted by Gasteiger charge is 2.23. The Morgan fingerprint density at radius 1 is 1.38 bits per heavy atom. The van der Waals surface area contributed by atoms with E-state index < -0.39 is 6.04 Å². The second-order valence-electron chi connectivity index (χ2n) is 4.30. The lowest BCUT2D eigenvalue weighted by Gasteiger charge is -2.18. The van der Waals surface area contributed by atoms with Crippen molar-refractivity contribution in [3.63, 3.8) is 0 Å². The molecule has 0 radical (unpaired) electrons. The monoisotopic (exact) mass is 369 g/mol. The van der Waals surface area contributed by atoms with Crippen molar-refractivity contribution >= 4 is 33.2 Å². The van der Waals surface area contributed by atoms with Crippen LogP contribution in [0.5, 0.6) is 5.75 Å². The number of benzene rings is 1. The van der Waals surface area contributed by atoms with Crippen LogP contribution in [0.4, 0.5) is 0 Å². The van der Waals surface area contributed by atoms with Crippen molar-refractivity contribution in [2.24, 2.45) is 0 Å². The first-order chi connectivity index (χ1) is 10.2. The van der Waals surface area contributed by atoms with Crippen molar-refractivity contribution in [2.75, 3.05) is 14.2 Å². The van der Waals surface area contributed by atoms with Crippen molar-refractivity contribution in [2.45, 2.75) is 12.6 Å². The molecular formula is C15H16BrNO3S. The third kappa shape index (κ3) is 4.06. The van der Waals surface area contributed by atoms with E-state index in [-0.39, 0.29) is 5.97 Å². The Morgan fingerprint density at radius 3 is 2.81 bits per heavy atom. The summed E-state index contributed by atoms with van der Waals surface area (Å²) in [7, 11) is 2.98. The van der Waals surface area contributed by atoms with E-state index in [1.54, 1.807) is 18.4 Å². The number of hydrogen-bond acceptors (Lipinski definition) is 5. The first-order valence-corrected chi connectivity index (χ1v) is 8.00. The molecule has 1 N–H and O–H groups in total. The molecule has 0 bridgehead atoms. The molecule has 21 heavy (non-hydrogen) atoms. The SMILES string of the molecule is COC(=O)C(NCc1cccs1)c1cc(OC)ccc1Br. The van der Waals surface area contributed by atoms with Crippen molar-refractivity contribution in [1.82, 2.24) is 5.32 Å². The number of rotatable bonds is 6. The molecular weight excluding hydrogens is 354 g/mol. The van der Waals surface area contributed by atoms with E-state index in [2.05, 4.69) is 21.2 Å². The summed E-state index contributed by atoms with van der Waals surface area (Å²) in [5.74, 6) is 0.362. The van der Waals surface area contributed by atoms with Crippen LogP contribution in [0.1, 0.15) is 16.5 Å². The lowest BCUT2D eigenvalue weighted by molar-refractivity contribution is -0.143. The Morgan fingerprint density at radius 2 is 2.19 bits per heavy atom. The Hall–Kier alpha value is -1.37. The number of halogens is 1. The number of esters is 1. The van der Waals surface area contributed by atoms with Crippen LogP contribution in [0.2, 0.25) is 0 Å². The lowest BCUT2D eigenvalue weighted by atomic mass is 10.1. The van der Waals surface area contributed by atoms with Crippen LogP contribution in [0.15, 0.2) is 40.2 Å². The second kappa shape index (κ2) is 7.59. The summed E-state index contributed by atoms with van der Waals surface area (Å²) in [6.45, 7) is 0.598. The van der Waals surface area contributed by atoms with Crippen LogP contribution < -0.4 is 10.1 Å². The minimum absolute atomic E-state index is 0.333. The van der Waals surface area contributed by atoms with Gasteiger partial charge < -0.3 is 9.47 Å². The van der Waals surface area contributed by atoms with Gasteiger partial charge >= 0.3 is 5.97 Å². The minimum Gasteiger partial charge on any atom is -0.497 e. The van der Waals surface area contributed by atoms with Crippen molar-refractivity contribution in [3.05, 3.63) is 50.6 Å². The van der Waals surface area contributed by atoms with Gasteiger partial charge in [-0.25, -0.2) is 4.79 Å². The van der Waals surface area contributed by atoms with Crippen molar-refractivity contribution in [3.8, 4) is 5.75 Å². The Balaban J connectivity index is 2.24. The van der Waals surface area contributed by atoms with E-state index >= 15 is 0 Å². The number of thiophene rings is 1. The summed E-state index contributed by atoms with van der Waals surface area (Å²) < 4.78 is 11.0. The Labute approximate surface area is 136 Å². The molecule has 1 aromatic carbocycles. The molecule has 1 aromatic heterocycles. The Bertz CT molecular complexity index is 601. The average molecular weight is 370 g/mol. The standard InChI is InChI=1S/C15H16BrNO3S/c1-19-10-5-6-13(16)12(8-10)14(15(18)20-2)17-9-11-4-3-7-21-11/h3-8,14,17H,9H2,1-2H3. The van der Waals surface area contributed by atoms with Crippen molar-refractivity contribution in [1.29, 1.82) is 0 Å². The number of ether oxygens (including phenoxy) is 2. The molecule has 112 valence electrons. The molecule has 0 aliphatic heterocycles. The fourth-order valence-electron chi connectivity index (χ4n) is 1.92. The molecule has 0 spiro atoms. The van der Waals surface area contributed by atoms with Gasteiger partial charge in [0.05, 0.1) is 14.2 Å². The number of hydrogen-bond donors (Lipinski definition) is 1. The topological polar surface area (TPSA) is 47.6 Å². The minimum atomic E-state index is -0.554. The third-order valence-electron chi connectivity index (χ3n) is 3.01. The third-order valence-corrected chi connectivity index (χ3v) is 4.61. The molecule has 1 heterocycles. The molecule has 0 aliphatic carbocycles. The maximum atomic E-state index is 12.1. The summed E-state index contributed by atoms with van der Waals surface area (Å²) in [6.07, 6.45) is 0. The lowest BCUT2D eigenvalue weighted by Crippen LogP contribution is -2.29. The van der Waals surface area contributed by atoms with Gasteiger partial charge in [-0.05, 0) is 35.2 Å². The average Bonchev–Trinajstić information content (AvgIpc) is 3.02. The van der Waals surface area contributed by atoms with Crippen LogP contribution >= 0.6 is 27.3 Å². The van der Waals surface area contributed by atoms with Gasteiger partial charge in [0.1, 0.15) is 11.8 Å². The number of carbonyl (C=O) groups excluding carboxylic acids is 1. The zero-order valence-corrected chi connectivity index (χ0v) is 14.2. The summed E-state index contributed by atoms with van der Waals surface area (Å²) in [5.41, 5.74) is 0.790. The summed E-state index contributed by atoms with van der Waals surface area (Å²) in [4.78, 5) is 13.2. The second-order valence-corrected chi connectivity index (χ2v) is 6.19. The summed E-state index contributed by atoms with van der Waals surface area (Å²) >= 11 is 5.12. The fourth-order valence-corrected chi connectivity index (χ4v) is 3.06. The van der Waals surface area contributed by atoms with E-state index in [1.807, 2.05) is 35.7 Å². The molecule has 0 aliphatic rings. The van der Waals surface area contributed by atoms with Crippen LogP contribution in [0.25, 0.3) is 0 Å². The molecule has 0 amide bonds. The number of methoxy groups -OCH3 is 2. The van der Waals surface area contributed by atoms with Gasteiger partial charge in [-0.2, -0.15) is 0 Å². The zero-order chi connectivity index (χ0) is 15.2. The highest BCUT2D eigenvalue weighted by Crippen LogP contribution is 2.29. The molecule has 0 saturated heterocycles. The number of nitrogens with one attached hydrogen (secondary N) is 1. The highest BCUT2D eigenvalue weighted by atomic mass is 79.9. The predicted octanol–water partition coefficient (Wildman–Crippen LogP) is 3.52. The van der Waals surface area contributed by atoms with Gasteiger partial charge in [-0.3, -0.25) is 5.32 Å². The molecule has 4 nitrogen and oxygen atoms in total. The van der Waals surface area contributed by atoms with Gasteiger partial charge in [0.25, 0.3) is 0 Å². The van der Waals surface area contributed by atoms with E-state index in [1.165, 1.54) is 7.11 Å². The van der Waals surface area contributed by atoms with Gasteiger partial charge in [0, 0.05) is 15.9 Å². The van der Waals surface area contributed by atoms with Gasteiger partial charge in [-0.15, -0.1) is 11.3 Å². The largest absolute Gasteiger partial charge is 0.497 e. The van der Waals surface area contributed by atoms with E-state index in [9.17, 15) is 4.79 Å². The van der Waals surface area contributed by atoms with Crippen LogP contribution in [-0.2, 0) is 16.1 Å². The normalized spacial score (nSPS) is 12.0. The van der Waals surface area contributed by atoms with Crippen LogP contribution in [0.3, 0.4) is 0 Å². The highest BCUT2D eigenvalue weighted by molar-refractivity contribution is 9.10. The van der Waals surface area contributed by atoms with Crippen molar-refractivity contribution < 1.29 is 14.3 Å². The molecule has 6 heteroatoms. The van der Waals surface area contributed by atoms with E-state index in [0.717, 1.165) is 14.9 Å². The fraction of sp³-hybridized carbons (Fsp3) is 0.267. The summed E-state index contributed by atoms with van der Waals surface area (Å²) in [6, 6.07) is 8.97. The smallest absolute Gasteiger partial charge is 0.327 e. The molecule has 2 aromatic rings. The van der Waals surface area contributed by atoms with Gasteiger partial charge in [0.15, 0.2) is 0 Å². The first kappa shape index (κ1) is 16.0. The Kier molecular flexibility index (Phi) is 5.78. The first-order valence-electron chi connectivity index (χ1n) is 6.32. The number of carbonyl (C=O) groups is 1. The maximum absolute atomic E-state index is 12.1.